The molecule has 0 spiro atoms. The molecule has 2 atom stereocenters. The molecule has 23 heavy (non-hydrogen) atoms. The number of hydroxylamine groups is 2. The molecule has 0 bridgehead atoms. The number of hydrogen-bond donors (Lipinski definition) is 0. The molecule has 1 aliphatic heterocycles. The average Bonchev–Trinajstić information content (AvgIpc) is 2.99. The Morgan fingerprint density at radius 2 is 2.00 bits per heavy atom. The van der Waals surface area contributed by atoms with Crippen molar-refractivity contribution in [3.8, 4) is 0 Å². The maximum Gasteiger partial charge on any atom is 0.180 e. The summed E-state index contributed by atoms with van der Waals surface area (Å²) in [7, 11) is -1.80. The molecule has 1 aromatic carbocycles. The third-order valence-corrected chi connectivity index (χ3v) is 5.96. The van der Waals surface area contributed by atoms with Gasteiger partial charge in [-0.15, -0.1) is 0 Å². The van der Waals surface area contributed by atoms with E-state index in [4.69, 9.17) is 9.57 Å². The molecule has 1 fully saturated rings. The predicted molar refractivity (Wildman–Crippen MR) is 90.0 cm³/mol. The largest absolute Gasteiger partial charge is 0.379 e. The molecule has 0 unspecified atom stereocenters. The van der Waals surface area contributed by atoms with Crippen LogP contribution in [0.5, 0.6) is 0 Å². The fraction of sp³-hybridized carbons (Fsp3) is 0.647. The minimum atomic E-state index is -3.38. The minimum Gasteiger partial charge on any atom is -0.379 e. The molecule has 1 aliphatic rings. The van der Waals surface area contributed by atoms with Gasteiger partial charge in [0, 0.05) is 13.7 Å². The maximum atomic E-state index is 12.7. The van der Waals surface area contributed by atoms with Crippen molar-refractivity contribution in [1.29, 1.82) is 0 Å². The van der Waals surface area contributed by atoms with Crippen LogP contribution in [0.15, 0.2) is 29.2 Å². The summed E-state index contributed by atoms with van der Waals surface area (Å²) in [4.78, 5) is 6.09. The van der Waals surface area contributed by atoms with Gasteiger partial charge in [-0.1, -0.05) is 24.6 Å². The van der Waals surface area contributed by atoms with Gasteiger partial charge >= 0.3 is 0 Å². The van der Waals surface area contributed by atoms with Gasteiger partial charge in [0.05, 0.1) is 29.4 Å². The van der Waals surface area contributed by atoms with E-state index in [1.54, 1.807) is 19.2 Å². The highest BCUT2D eigenvalue weighted by atomic mass is 32.2. The zero-order valence-corrected chi connectivity index (χ0v) is 15.0. The topological polar surface area (TPSA) is 55.8 Å². The van der Waals surface area contributed by atoms with Crippen LogP contribution in [0.2, 0.25) is 0 Å². The molecule has 0 radical (unpaired) electrons. The quantitative estimate of drug-likeness (QED) is 0.727. The van der Waals surface area contributed by atoms with Crippen molar-refractivity contribution in [2.75, 3.05) is 26.0 Å². The van der Waals surface area contributed by atoms with Crippen LogP contribution in [0, 0.1) is 6.92 Å². The lowest BCUT2D eigenvalue weighted by molar-refractivity contribution is -0.187. The number of ether oxygens (including phenoxy) is 1. The summed E-state index contributed by atoms with van der Waals surface area (Å²) in [5.41, 5.74) is 1.04. The van der Waals surface area contributed by atoms with Crippen LogP contribution in [-0.4, -0.2) is 51.6 Å². The fourth-order valence-corrected chi connectivity index (χ4v) is 4.43. The van der Waals surface area contributed by atoms with Gasteiger partial charge in [0.1, 0.15) is 0 Å². The Balaban J connectivity index is 2.10. The lowest BCUT2D eigenvalue weighted by Gasteiger charge is -2.29. The third-order valence-electron chi connectivity index (χ3n) is 4.21. The van der Waals surface area contributed by atoms with E-state index >= 15 is 0 Å². The SMILES string of the molecule is CCCON1CCC[C@@H]1[C@H](CS(=O)(=O)c1ccc(C)cc1)OC. The smallest absolute Gasteiger partial charge is 0.180 e. The van der Waals surface area contributed by atoms with Gasteiger partial charge < -0.3 is 4.74 Å². The number of benzene rings is 1. The average molecular weight is 341 g/mol. The third kappa shape index (κ3) is 4.76. The molecule has 0 amide bonds. The van der Waals surface area contributed by atoms with Crippen molar-refractivity contribution in [3.05, 3.63) is 29.8 Å². The molecular formula is C17H27NO4S. The van der Waals surface area contributed by atoms with Crippen LogP contribution >= 0.6 is 0 Å². The number of aryl methyl sites for hydroxylation is 1. The van der Waals surface area contributed by atoms with Gasteiger partial charge in [0.2, 0.25) is 0 Å². The van der Waals surface area contributed by atoms with E-state index in [-0.39, 0.29) is 17.9 Å². The maximum absolute atomic E-state index is 12.7. The number of hydrogen-bond acceptors (Lipinski definition) is 5. The molecule has 0 saturated carbocycles. The summed E-state index contributed by atoms with van der Waals surface area (Å²) in [5, 5.41) is 1.91. The Morgan fingerprint density at radius 1 is 1.30 bits per heavy atom. The van der Waals surface area contributed by atoms with Gasteiger partial charge in [-0.3, -0.25) is 4.84 Å². The summed E-state index contributed by atoms with van der Waals surface area (Å²) >= 11 is 0. The van der Waals surface area contributed by atoms with Gasteiger partial charge in [-0.05, 0) is 38.3 Å². The number of sulfone groups is 1. The number of nitrogens with zero attached hydrogens (tertiary/aromatic N) is 1. The Hall–Kier alpha value is -0.950. The first-order valence-electron chi connectivity index (χ1n) is 8.19. The lowest BCUT2D eigenvalue weighted by atomic mass is 10.1. The zero-order chi connectivity index (χ0) is 16.9. The molecule has 0 N–H and O–H groups in total. The van der Waals surface area contributed by atoms with E-state index in [2.05, 4.69) is 6.92 Å². The van der Waals surface area contributed by atoms with Crippen LogP contribution in [0.25, 0.3) is 0 Å². The van der Waals surface area contributed by atoms with Gasteiger partial charge in [-0.25, -0.2) is 8.42 Å². The van der Waals surface area contributed by atoms with Crippen molar-refractivity contribution in [2.24, 2.45) is 0 Å². The van der Waals surface area contributed by atoms with Crippen molar-refractivity contribution in [1.82, 2.24) is 5.06 Å². The number of methoxy groups -OCH3 is 1. The molecule has 6 heteroatoms. The number of rotatable bonds is 8. The van der Waals surface area contributed by atoms with Crippen LogP contribution in [0.3, 0.4) is 0 Å². The van der Waals surface area contributed by atoms with E-state index in [0.717, 1.165) is 31.4 Å². The lowest BCUT2D eigenvalue weighted by Crippen LogP contribution is -2.43. The first-order chi connectivity index (χ1) is 11.0. The minimum absolute atomic E-state index is 0.00762. The molecule has 1 heterocycles. The summed E-state index contributed by atoms with van der Waals surface area (Å²) in [6, 6.07) is 6.96. The van der Waals surface area contributed by atoms with Crippen LogP contribution in [-0.2, 0) is 19.4 Å². The highest BCUT2D eigenvalue weighted by Crippen LogP contribution is 2.25. The monoisotopic (exact) mass is 341 g/mol. The molecule has 0 aliphatic carbocycles. The highest BCUT2D eigenvalue weighted by Gasteiger charge is 2.35. The first kappa shape index (κ1) is 18.4. The molecular weight excluding hydrogens is 314 g/mol. The Morgan fingerprint density at radius 3 is 2.61 bits per heavy atom. The molecule has 1 saturated heterocycles. The predicted octanol–water partition coefficient (Wildman–Crippen LogP) is 2.59. The molecule has 130 valence electrons. The van der Waals surface area contributed by atoms with Crippen LogP contribution in [0.4, 0.5) is 0 Å². The highest BCUT2D eigenvalue weighted by molar-refractivity contribution is 7.91. The van der Waals surface area contributed by atoms with Crippen molar-refractivity contribution in [2.45, 2.75) is 50.2 Å². The first-order valence-corrected chi connectivity index (χ1v) is 9.85. The Bertz CT molecular complexity index is 585. The molecule has 1 aromatic rings. The van der Waals surface area contributed by atoms with Gasteiger partial charge in [0.25, 0.3) is 0 Å². The van der Waals surface area contributed by atoms with E-state index < -0.39 is 9.84 Å². The second-order valence-electron chi connectivity index (χ2n) is 6.05. The van der Waals surface area contributed by atoms with Crippen LogP contribution < -0.4 is 0 Å². The van der Waals surface area contributed by atoms with E-state index in [1.807, 2.05) is 24.1 Å². The molecule has 0 aromatic heterocycles. The zero-order valence-electron chi connectivity index (χ0n) is 14.2. The molecule has 5 nitrogen and oxygen atoms in total. The second-order valence-corrected chi connectivity index (χ2v) is 8.09. The summed E-state index contributed by atoms with van der Waals surface area (Å²) in [5.74, 6) is -0.0246. The Kier molecular flexibility index (Phi) is 6.59. The van der Waals surface area contributed by atoms with Crippen molar-refractivity contribution in [3.63, 3.8) is 0 Å². The standard InChI is InChI=1S/C17H27NO4S/c1-4-12-22-18-11-5-6-16(18)17(21-3)13-23(19,20)15-9-7-14(2)8-10-15/h7-10,16-17H,4-6,11-13H2,1-3H3/t16-,17+/m1/s1. The normalized spacial score (nSPS) is 20.7. The second kappa shape index (κ2) is 8.24. The molecule has 2 rings (SSSR count). The summed E-state index contributed by atoms with van der Waals surface area (Å²) in [6.45, 7) is 5.48. The van der Waals surface area contributed by atoms with Crippen LogP contribution in [0.1, 0.15) is 31.7 Å². The fourth-order valence-electron chi connectivity index (χ4n) is 2.90. The van der Waals surface area contributed by atoms with Gasteiger partial charge in [0.15, 0.2) is 9.84 Å². The van der Waals surface area contributed by atoms with Crippen molar-refractivity contribution >= 4 is 9.84 Å². The van der Waals surface area contributed by atoms with E-state index in [0.29, 0.717) is 11.5 Å². The van der Waals surface area contributed by atoms with E-state index in [1.165, 1.54) is 0 Å². The summed E-state index contributed by atoms with van der Waals surface area (Å²) in [6.07, 6.45) is 2.44. The van der Waals surface area contributed by atoms with Crippen molar-refractivity contribution < 1.29 is 18.0 Å². The Labute approximate surface area is 139 Å². The summed E-state index contributed by atoms with van der Waals surface area (Å²) < 4.78 is 30.8. The van der Waals surface area contributed by atoms with E-state index in [9.17, 15) is 8.42 Å². The van der Waals surface area contributed by atoms with Gasteiger partial charge in [-0.2, -0.15) is 5.06 Å².